The Kier molecular flexibility index (Phi) is 13.1. The van der Waals surface area contributed by atoms with Gasteiger partial charge in [-0.15, -0.1) is 0 Å². The van der Waals surface area contributed by atoms with Gasteiger partial charge in [0.15, 0.2) is 6.29 Å². The lowest BCUT2D eigenvalue weighted by molar-refractivity contribution is -0.332. The lowest BCUT2D eigenvalue weighted by Crippen LogP contribution is -2.60. The SMILES string of the molecule is Cc1cc(CCC(=O)OCC(C)(C)C2COC3(CO2)COC(C(C)(C)COC(=O)CCc2cc(C)c(O)c(C(C)(C)C)c2)OC3)cc(C(C)(C)C)c1O. The van der Waals surface area contributed by atoms with E-state index in [9.17, 15) is 19.8 Å². The zero-order valence-corrected chi connectivity index (χ0v) is 34.2. The molecule has 2 fully saturated rings. The highest BCUT2D eigenvalue weighted by atomic mass is 16.7. The molecular formula is C43H64O10. The second-order valence-corrected chi connectivity index (χ2v) is 18.7. The Hall–Kier alpha value is -3.18. The van der Waals surface area contributed by atoms with Gasteiger partial charge < -0.3 is 38.6 Å². The number of carbonyl (C=O) groups is 2. The van der Waals surface area contributed by atoms with E-state index in [4.69, 9.17) is 28.4 Å². The van der Waals surface area contributed by atoms with E-state index in [1.165, 1.54) is 0 Å². The van der Waals surface area contributed by atoms with E-state index < -0.39 is 22.7 Å². The molecule has 2 aromatic carbocycles. The Labute approximate surface area is 316 Å². The van der Waals surface area contributed by atoms with Gasteiger partial charge in [0.1, 0.15) is 23.7 Å². The molecule has 0 aliphatic carbocycles. The average molecular weight is 741 g/mol. The van der Waals surface area contributed by atoms with E-state index in [1.54, 1.807) is 0 Å². The van der Waals surface area contributed by atoms with Crippen LogP contribution < -0.4 is 0 Å². The molecule has 1 atom stereocenters. The standard InChI is InChI=1S/C43H64O10/c1-27-17-29(19-31(36(27)46)39(3,4)5)13-15-34(44)49-22-41(9,10)33-21-53-43(24-48-33)25-51-38(52-26-43)42(11,12)23-50-35(45)16-14-30-18-28(2)37(47)32(20-30)40(6,7)8/h17-20,33,38,46-47H,13-16,21-26H2,1-12H3. The van der Waals surface area contributed by atoms with Gasteiger partial charge in [-0.3, -0.25) is 9.59 Å². The van der Waals surface area contributed by atoms with E-state index in [-0.39, 0.29) is 74.7 Å². The Balaban J connectivity index is 1.19. The van der Waals surface area contributed by atoms with Crippen LogP contribution in [0.15, 0.2) is 24.3 Å². The minimum atomic E-state index is -0.755. The van der Waals surface area contributed by atoms with Gasteiger partial charge in [0.2, 0.25) is 0 Å². The number of benzene rings is 2. The van der Waals surface area contributed by atoms with Gasteiger partial charge in [0.25, 0.3) is 0 Å². The minimum Gasteiger partial charge on any atom is -0.507 e. The molecule has 2 N–H and O–H groups in total. The second-order valence-electron chi connectivity index (χ2n) is 18.7. The first-order chi connectivity index (χ1) is 24.4. The van der Waals surface area contributed by atoms with Crippen LogP contribution in [0.4, 0.5) is 0 Å². The molecule has 296 valence electrons. The molecule has 0 radical (unpaired) electrons. The fourth-order valence-corrected chi connectivity index (χ4v) is 6.68. The van der Waals surface area contributed by atoms with Crippen molar-refractivity contribution in [1.82, 2.24) is 0 Å². The Morgan fingerprint density at radius 3 is 1.49 bits per heavy atom. The van der Waals surface area contributed by atoms with Crippen LogP contribution >= 0.6 is 0 Å². The van der Waals surface area contributed by atoms with Gasteiger partial charge in [0, 0.05) is 23.7 Å². The maximum atomic E-state index is 12.8. The van der Waals surface area contributed by atoms with Crippen molar-refractivity contribution in [1.29, 1.82) is 0 Å². The van der Waals surface area contributed by atoms with E-state index in [0.29, 0.717) is 30.9 Å². The van der Waals surface area contributed by atoms with Crippen molar-refractivity contribution in [3.05, 3.63) is 57.6 Å². The summed E-state index contributed by atoms with van der Waals surface area (Å²) in [7, 11) is 0. The molecule has 2 aliphatic heterocycles. The maximum absolute atomic E-state index is 12.8. The van der Waals surface area contributed by atoms with Crippen LogP contribution in [-0.2, 0) is 61.7 Å². The van der Waals surface area contributed by atoms with Crippen molar-refractivity contribution in [2.45, 2.75) is 138 Å². The van der Waals surface area contributed by atoms with Crippen LogP contribution in [0.2, 0.25) is 0 Å². The molecule has 0 bridgehead atoms. The summed E-state index contributed by atoms with van der Waals surface area (Å²) in [6, 6.07) is 7.79. The number of aryl methyl sites for hydroxylation is 4. The Morgan fingerprint density at radius 2 is 1.09 bits per heavy atom. The van der Waals surface area contributed by atoms with Gasteiger partial charge in [0.05, 0.1) is 39.1 Å². The molecule has 10 heteroatoms. The third-order valence-corrected chi connectivity index (χ3v) is 10.4. The van der Waals surface area contributed by atoms with Gasteiger partial charge in [-0.2, -0.15) is 0 Å². The van der Waals surface area contributed by atoms with Gasteiger partial charge >= 0.3 is 11.9 Å². The third kappa shape index (κ3) is 11.0. The number of aromatic hydroxyl groups is 2. The predicted molar refractivity (Wildman–Crippen MR) is 203 cm³/mol. The van der Waals surface area contributed by atoms with E-state index in [1.807, 2.05) is 65.8 Å². The fourth-order valence-electron chi connectivity index (χ4n) is 6.68. The predicted octanol–water partition coefficient (Wildman–Crippen LogP) is 7.54. The number of carbonyl (C=O) groups excluding carboxylic acids is 2. The monoisotopic (exact) mass is 740 g/mol. The molecule has 0 amide bonds. The highest BCUT2D eigenvalue weighted by Crippen LogP contribution is 2.38. The lowest BCUT2D eigenvalue weighted by atomic mass is 9.83. The summed E-state index contributed by atoms with van der Waals surface area (Å²) in [5, 5.41) is 21.0. The average Bonchev–Trinajstić information content (AvgIpc) is 3.06. The van der Waals surface area contributed by atoms with Crippen molar-refractivity contribution in [3.63, 3.8) is 0 Å². The zero-order chi connectivity index (χ0) is 39.6. The normalized spacial score (nSPS) is 21.4. The van der Waals surface area contributed by atoms with Gasteiger partial charge in [-0.25, -0.2) is 0 Å². The number of rotatable bonds is 12. The summed E-state index contributed by atoms with van der Waals surface area (Å²) >= 11 is 0. The Morgan fingerprint density at radius 1 is 0.679 bits per heavy atom. The molecule has 0 saturated carbocycles. The first kappa shape index (κ1) is 42.6. The molecule has 2 saturated heterocycles. The number of esters is 2. The number of phenolic OH excluding ortho intramolecular Hbond substituents is 2. The van der Waals surface area contributed by atoms with Crippen LogP contribution in [-0.4, -0.2) is 79.8 Å². The highest BCUT2D eigenvalue weighted by molar-refractivity contribution is 5.70. The molecule has 0 aromatic heterocycles. The smallest absolute Gasteiger partial charge is 0.306 e. The summed E-state index contributed by atoms with van der Waals surface area (Å²) in [5.41, 5.74) is 3.02. The quantitative estimate of drug-likeness (QED) is 0.211. The lowest BCUT2D eigenvalue weighted by Gasteiger charge is -2.48. The van der Waals surface area contributed by atoms with Crippen molar-refractivity contribution in [2.24, 2.45) is 10.8 Å². The molecule has 2 heterocycles. The highest BCUT2D eigenvalue weighted by Gasteiger charge is 2.48. The molecule has 2 aromatic rings. The fraction of sp³-hybridized carbons (Fsp3) is 0.674. The number of ether oxygens (including phenoxy) is 6. The van der Waals surface area contributed by atoms with E-state index >= 15 is 0 Å². The summed E-state index contributed by atoms with van der Waals surface area (Å²) < 4.78 is 36.3. The van der Waals surface area contributed by atoms with Crippen molar-refractivity contribution >= 4 is 11.9 Å². The van der Waals surface area contributed by atoms with Crippen LogP contribution in [0.1, 0.15) is 115 Å². The largest absolute Gasteiger partial charge is 0.507 e. The number of hydrogen-bond donors (Lipinski definition) is 2. The molecule has 10 nitrogen and oxygen atoms in total. The molecular weight excluding hydrogens is 676 g/mol. The van der Waals surface area contributed by atoms with Crippen LogP contribution in [0.25, 0.3) is 0 Å². The topological polar surface area (TPSA) is 130 Å². The van der Waals surface area contributed by atoms with Gasteiger partial charge in [-0.05, 0) is 70.9 Å². The Bertz CT molecular complexity index is 1470. The summed E-state index contributed by atoms with van der Waals surface area (Å²) in [6.45, 7) is 25.3. The van der Waals surface area contributed by atoms with Crippen molar-refractivity contribution in [2.75, 3.05) is 39.6 Å². The van der Waals surface area contributed by atoms with Crippen LogP contribution in [0, 0.1) is 24.7 Å². The van der Waals surface area contributed by atoms with Crippen molar-refractivity contribution < 1.29 is 48.2 Å². The van der Waals surface area contributed by atoms with Gasteiger partial charge in [-0.1, -0.05) is 93.5 Å². The van der Waals surface area contributed by atoms with E-state index in [0.717, 1.165) is 33.4 Å². The third-order valence-electron chi connectivity index (χ3n) is 10.4. The molecule has 2 aliphatic rings. The zero-order valence-electron chi connectivity index (χ0n) is 34.2. The maximum Gasteiger partial charge on any atom is 0.306 e. The molecule has 4 rings (SSSR count). The summed E-state index contributed by atoms with van der Waals surface area (Å²) in [6.07, 6.45) is 0.595. The van der Waals surface area contributed by atoms with Crippen molar-refractivity contribution in [3.8, 4) is 11.5 Å². The van der Waals surface area contributed by atoms with Crippen LogP contribution in [0.3, 0.4) is 0 Å². The summed E-state index contributed by atoms with van der Waals surface area (Å²) in [4.78, 5) is 25.5. The molecule has 1 unspecified atom stereocenters. The minimum absolute atomic E-state index is 0.129. The number of hydrogen-bond acceptors (Lipinski definition) is 10. The van der Waals surface area contributed by atoms with E-state index in [2.05, 4.69) is 41.5 Å². The second kappa shape index (κ2) is 16.3. The number of phenols is 2. The summed E-state index contributed by atoms with van der Waals surface area (Å²) in [5.74, 6) is 0.0131. The first-order valence-electron chi connectivity index (χ1n) is 18.9. The first-order valence-corrected chi connectivity index (χ1v) is 18.9. The molecule has 53 heavy (non-hydrogen) atoms. The van der Waals surface area contributed by atoms with Crippen LogP contribution in [0.5, 0.6) is 11.5 Å². The molecule has 1 spiro atoms.